The predicted octanol–water partition coefficient (Wildman–Crippen LogP) is -0.333. The fraction of sp³-hybridized carbons (Fsp3) is 0.417. The van der Waals surface area contributed by atoms with Crippen LogP contribution >= 0.6 is 0 Å². The summed E-state index contributed by atoms with van der Waals surface area (Å²) in [5.41, 5.74) is -0.863. The number of rotatable bonds is 6. The molecule has 7 nitrogen and oxygen atoms in total. The van der Waals surface area contributed by atoms with Gasteiger partial charge in [-0.25, -0.2) is 13.1 Å². The van der Waals surface area contributed by atoms with Gasteiger partial charge in [-0.05, 0) is 31.2 Å². The number of hydrogen-bond donors (Lipinski definition) is 4. The Bertz CT molecular complexity index is 564. The maximum atomic E-state index is 12.1. The molecule has 0 aliphatic heterocycles. The van der Waals surface area contributed by atoms with Crippen molar-refractivity contribution in [3.05, 3.63) is 24.3 Å². The second kappa shape index (κ2) is 6.31. The molecule has 1 aromatic carbocycles. The Morgan fingerprint density at radius 3 is 2.10 bits per heavy atom. The van der Waals surface area contributed by atoms with E-state index in [0.717, 1.165) is 0 Å². The fourth-order valence-corrected chi connectivity index (χ4v) is 2.81. The van der Waals surface area contributed by atoms with Crippen molar-refractivity contribution in [2.75, 3.05) is 18.5 Å². The molecule has 4 N–H and O–H groups in total. The Morgan fingerprint density at radius 2 is 1.70 bits per heavy atom. The minimum Gasteiger partial charge on any atom is -0.394 e. The second-order valence-corrected chi connectivity index (χ2v) is 6.37. The minimum atomic E-state index is -3.87. The van der Waals surface area contributed by atoms with Crippen LogP contribution in [-0.4, -0.2) is 43.3 Å². The van der Waals surface area contributed by atoms with E-state index in [2.05, 4.69) is 10.0 Å². The molecule has 0 aromatic heterocycles. The van der Waals surface area contributed by atoms with Crippen molar-refractivity contribution in [2.24, 2.45) is 0 Å². The molecule has 0 fully saturated rings. The number of carbonyl (C=O) groups excluding carboxylic acids is 1. The van der Waals surface area contributed by atoms with Crippen LogP contribution in [0.3, 0.4) is 0 Å². The Balaban J connectivity index is 2.96. The van der Waals surface area contributed by atoms with Gasteiger partial charge in [0.2, 0.25) is 15.9 Å². The molecule has 112 valence electrons. The number of aliphatic hydroxyl groups is 2. The normalized spacial score (nSPS) is 12.2. The maximum absolute atomic E-state index is 12.1. The Labute approximate surface area is 117 Å². The average Bonchev–Trinajstić information content (AvgIpc) is 2.38. The first-order valence-electron chi connectivity index (χ1n) is 5.86. The summed E-state index contributed by atoms with van der Waals surface area (Å²) in [6.07, 6.45) is 0. The number of aliphatic hydroxyl groups excluding tert-OH is 2. The highest BCUT2D eigenvalue weighted by atomic mass is 32.2. The minimum absolute atomic E-state index is 0.0280. The van der Waals surface area contributed by atoms with E-state index in [9.17, 15) is 13.2 Å². The van der Waals surface area contributed by atoms with E-state index < -0.39 is 28.8 Å². The predicted molar refractivity (Wildman–Crippen MR) is 73.6 cm³/mol. The largest absolute Gasteiger partial charge is 0.394 e. The van der Waals surface area contributed by atoms with Gasteiger partial charge in [0, 0.05) is 12.6 Å². The van der Waals surface area contributed by atoms with Crippen LogP contribution in [-0.2, 0) is 14.8 Å². The van der Waals surface area contributed by atoms with Gasteiger partial charge in [-0.3, -0.25) is 4.79 Å². The van der Waals surface area contributed by atoms with E-state index in [4.69, 9.17) is 10.2 Å². The van der Waals surface area contributed by atoms with Crippen LogP contribution in [0, 0.1) is 0 Å². The van der Waals surface area contributed by atoms with E-state index in [0.29, 0.717) is 5.69 Å². The molecule has 0 bridgehead atoms. The molecule has 1 amide bonds. The van der Waals surface area contributed by atoms with E-state index in [1.807, 2.05) is 0 Å². The first-order valence-corrected chi connectivity index (χ1v) is 7.34. The third-order valence-electron chi connectivity index (χ3n) is 2.56. The van der Waals surface area contributed by atoms with Crippen LogP contribution in [0.25, 0.3) is 0 Å². The molecule has 20 heavy (non-hydrogen) atoms. The molecule has 0 saturated carbocycles. The van der Waals surface area contributed by atoms with Gasteiger partial charge >= 0.3 is 0 Å². The zero-order valence-corrected chi connectivity index (χ0v) is 12.1. The Morgan fingerprint density at radius 1 is 1.20 bits per heavy atom. The quantitative estimate of drug-likeness (QED) is 0.574. The van der Waals surface area contributed by atoms with Crippen LogP contribution in [0.5, 0.6) is 0 Å². The van der Waals surface area contributed by atoms with E-state index in [1.54, 1.807) is 0 Å². The number of hydrogen-bond acceptors (Lipinski definition) is 5. The highest BCUT2D eigenvalue weighted by Gasteiger charge is 2.29. The topological polar surface area (TPSA) is 116 Å². The van der Waals surface area contributed by atoms with Crippen LogP contribution < -0.4 is 10.0 Å². The molecule has 8 heteroatoms. The Hall–Kier alpha value is -1.48. The summed E-state index contributed by atoms with van der Waals surface area (Å²) < 4.78 is 26.4. The van der Waals surface area contributed by atoms with Gasteiger partial charge in [-0.2, -0.15) is 0 Å². The summed E-state index contributed by atoms with van der Waals surface area (Å²) in [7, 11) is -3.87. The van der Waals surface area contributed by atoms with Crippen molar-refractivity contribution in [2.45, 2.75) is 24.3 Å². The first kappa shape index (κ1) is 16.6. The summed E-state index contributed by atoms with van der Waals surface area (Å²) in [5, 5.41) is 20.7. The van der Waals surface area contributed by atoms with E-state index in [-0.39, 0.29) is 10.8 Å². The highest BCUT2D eigenvalue weighted by Crippen LogP contribution is 2.16. The smallest absolute Gasteiger partial charge is 0.241 e. The molecule has 0 unspecified atom stereocenters. The molecule has 0 radical (unpaired) electrons. The molecular weight excluding hydrogens is 284 g/mol. The number of carbonyl (C=O) groups is 1. The van der Waals surface area contributed by atoms with Crippen molar-refractivity contribution in [3.8, 4) is 0 Å². The van der Waals surface area contributed by atoms with Crippen LogP contribution in [0.1, 0.15) is 13.8 Å². The van der Waals surface area contributed by atoms with E-state index in [1.165, 1.54) is 38.1 Å². The summed E-state index contributed by atoms with van der Waals surface area (Å²) in [5.74, 6) is -0.258. The van der Waals surface area contributed by atoms with Gasteiger partial charge in [0.05, 0.1) is 23.6 Å². The zero-order valence-electron chi connectivity index (χ0n) is 11.3. The van der Waals surface area contributed by atoms with Crippen LogP contribution in [0.15, 0.2) is 29.2 Å². The lowest BCUT2D eigenvalue weighted by atomic mass is 10.1. The molecule has 0 heterocycles. The van der Waals surface area contributed by atoms with Gasteiger partial charge < -0.3 is 15.5 Å². The van der Waals surface area contributed by atoms with Crippen molar-refractivity contribution < 1.29 is 23.4 Å². The van der Waals surface area contributed by atoms with Gasteiger partial charge in [0.1, 0.15) is 0 Å². The SMILES string of the molecule is CC(=O)Nc1ccc(S(=O)(=O)NC(C)(CO)CO)cc1. The number of sulfonamides is 1. The molecule has 0 spiro atoms. The summed E-state index contributed by atoms with van der Waals surface area (Å²) in [6, 6.07) is 5.54. The van der Waals surface area contributed by atoms with Gasteiger partial charge in [0.25, 0.3) is 0 Å². The maximum Gasteiger partial charge on any atom is 0.241 e. The van der Waals surface area contributed by atoms with Gasteiger partial charge in [-0.1, -0.05) is 0 Å². The third-order valence-corrected chi connectivity index (χ3v) is 4.22. The summed E-state index contributed by atoms with van der Waals surface area (Å²) >= 11 is 0. The van der Waals surface area contributed by atoms with Gasteiger partial charge in [-0.15, -0.1) is 0 Å². The first-order chi connectivity index (χ1) is 9.22. The number of nitrogens with one attached hydrogen (secondary N) is 2. The summed E-state index contributed by atoms with van der Waals surface area (Å²) in [4.78, 5) is 10.8. The second-order valence-electron chi connectivity index (χ2n) is 4.69. The van der Waals surface area contributed by atoms with Crippen molar-refractivity contribution in [1.82, 2.24) is 4.72 Å². The van der Waals surface area contributed by atoms with Crippen LogP contribution in [0.4, 0.5) is 5.69 Å². The zero-order chi connectivity index (χ0) is 15.4. The third kappa shape index (κ3) is 4.27. The van der Waals surface area contributed by atoms with Crippen molar-refractivity contribution in [1.29, 1.82) is 0 Å². The summed E-state index contributed by atoms with van der Waals surface area (Å²) in [6.45, 7) is 1.66. The lowest BCUT2D eigenvalue weighted by Gasteiger charge is -2.25. The fourth-order valence-electron chi connectivity index (χ4n) is 1.42. The lowest BCUT2D eigenvalue weighted by molar-refractivity contribution is -0.114. The monoisotopic (exact) mass is 302 g/mol. The van der Waals surface area contributed by atoms with Gasteiger partial charge in [0.15, 0.2) is 0 Å². The molecule has 1 rings (SSSR count). The molecule has 0 atom stereocenters. The number of anilines is 1. The van der Waals surface area contributed by atoms with Crippen molar-refractivity contribution >= 4 is 21.6 Å². The number of benzene rings is 1. The van der Waals surface area contributed by atoms with Crippen molar-refractivity contribution in [3.63, 3.8) is 0 Å². The Kier molecular flexibility index (Phi) is 5.23. The highest BCUT2D eigenvalue weighted by molar-refractivity contribution is 7.89. The molecule has 0 aliphatic carbocycles. The standard InChI is InChI=1S/C12H18N2O5S/c1-9(17)13-10-3-5-11(6-4-10)20(18,19)14-12(2,7-15)8-16/h3-6,14-16H,7-8H2,1-2H3,(H,13,17). The van der Waals surface area contributed by atoms with Crippen LogP contribution in [0.2, 0.25) is 0 Å². The molecular formula is C12H18N2O5S. The number of amides is 1. The molecule has 0 saturated heterocycles. The average molecular weight is 302 g/mol. The van der Waals surface area contributed by atoms with E-state index >= 15 is 0 Å². The molecule has 0 aliphatic rings. The molecule has 1 aromatic rings. The lowest BCUT2D eigenvalue weighted by Crippen LogP contribution is -2.51.